The van der Waals surface area contributed by atoms with Crippen LogP contribution in [0.3, 0.4) is 0 Å². The van der Waals surface area contributed by atoms with E-state index in [1.807, 2.05) is 0 Å². The lowest BCUT2D eigenvalue weighted by atomic mass is 10.2. The van der Waals surface area contributed by atoms with Crippen molar-refractivity contribution in [3.8, 4) is 0 Å². The van der Waals surface area contributed by atoms with Crippen molar-refractivity contribution >= 4 is 44.7 Å². The third kappa shape index (κ3) is 2.24. The zero-order chi connectivity index (χ0) is 14.3. The predicted molar refractivity (Wildman–Crippen MR) is 78.7 cm³/mol. The van der Waals surface area contributed by atoms with Crippen molar-refractivity contribution in [3.63, 3.8) is 0 Å². The van der Waals surface area contributed by atoms with Gasteiger partial charge < -0.3 is 11.5 Å². The minimum Gasteiger partial charge on any atom is -0.392 e. The Kier molecular flexibility index (Phi) is 3.38. The molecular weight excluding hydrogens is 284 g/mol. The quantitative estimate of drug-likeness (QED) is 0.801. The molecule has 0 fully saturated rings. The maximum absolute atomic E-state index is 12.4. The number of amides is 1. The first kappa shape index (κ1) is 13.6. The van der Waals surface area contributed by atoms with Crippen LogP contribution in [-0.2, 0) is 6.54 Å². The lowest BCUT2D eigenvalue weighted by Gasteiger charge is -2.08. The summed E-state index contributed by atoms with van der Waals surface area (Å²) in [5, 5.41) is 0.403. The number of hydrogen-bond acceptors (Lipinski definition) is 5. The summed E-state index contributed by atoms with van der Waals surface area (Å²) in [5.74, 6) is -0.0546. The Bertz CT molecular complexity index is 760. The van der Waals surface area contributed by atoms with Gasteiger partial charge >= 0.3 is 0 Å². The van der Waals surface area contributed by atoms with E-state index in [1.165, 1.54) is 4.57 Å². The lowest BCUT2D eigenvalue weighted by Crippen LogP contribution is -2.29. The van der Waals surface area contributed by atoms with Gasteiger partial charge in [-0.3, -0.25) is 14.2 Å². The average molecular weight is 296 g/mol. The zero-order valence-electron chi connectivity index (χ0n) is 10.4. The number of primary amides is 1. The Labute approximate surface area is 118 Å². The number of thiocarbonyl (C=S) groups is 1. The van der Waals surface area contributed by atoms with Crippen molar-refractivity contribution in [2.24, 2.45) is 11.5 Å². The number of nitrogens with two attached hydrogens (primary N) is 2. The van der Waals surface area contributed by atoms with Gasteiger partial charge in [-0.2, -0.15) is 0 Å². The fraction of sp³-hybridized carbons (Fsp3) is 0.273. The number of carbonyl (C=O) groups excluding carboxylic acids is 1. The van der Waals surface area contributed by atoms with Gasteiger partial charge in [-0.1, -0.05) is 12.2 Å². The molecule has 4 N–H and O–H groups in total. The van der Waals surface area contributed by atoms with Crippen molar-refractivity contribution in [2.75, 3.05) is 0 Å². The first-order valence-electron chi connectivity index (χ1n) is 5.41. The second kappa shape index (κ2) is 4.71. The summed E-state index contributed by atoms with van der Waals surface area (Å²) in [4.78, 5) is 29.1. The Morgan fingerprint density at radius 3 is 2.58 bits per heavy atom. The molecule has 0 spiro atoms. The Balaban J connectivity index is 2.83. The SMILES string of the molecule is Cc1c(C(N)=O)sc2nc(C)n(CC(N)=S)c(=O)c12. The third-order valence-electron chi connectivity index (χ3n) is 2.78. The smallest absolute Gasteiger partial charge is 0.262 e. The van der Waals surface area contributed by atoms with Crippen LogP contribution in [0, 0.1) is 13.8 Å². The number of aromatic nitrogens is 2. The molecule has 0 saturated carbocycles. The van der Waals surface area contributed by atoms with Crippen molar-refractivity contribution < 1.29 is 4.79 Å². The highest BCUT2D eigenvalue weighted by Crippen LogP contribution is 2.26. The molecule has 0 aromatic carbocycles. The molecule has 2 heterocycles. The highest BCUT2D eigenvalue weighted by Gasteiger charge is 2.19. The van der Waals surface area contributed by atoms with Gasteiger partial charge in [0.25, 0.3) is 11.5 Å². The van der Waals surface area contributed by atoms with Gasteiger partial charge in [-0.25, -0.2) is 4.98 Å². The van der Waals surface area contributed by atoms with Crippen LogP contribution in [0.15, 0.2) is 4.79 Å². The summed E-state index contributed by atoms with van der Waals surface area (Å²) in [6, 6.07) is 0. The molecule has 100 valence electrons. The normalized spacial score (nSPS) is 10.8. The van der Waals surface area contributed by atoms with Gasteiger partial charge in [0.2, 0.25) is 0 Å². The Morgan fingerprint density at radius 1 is 1.42 bits per heavy atom. The number of rotatable bonds is 3. The lowest BCUT2D eigenvalue weighted by molar-refractivity contribution is 0.100. The summed E-state index contributed by atoms with van der Waals surface area (Å²) in [6.07, 6.45) is 0. The number of nitrogens with zero attached hydrogens (tertiary/aromatic N) is 2. The fourth-order valence-electron chi connectivity index (χ4n) is 1.90. The minimum absolute atomic E-state index is 0.129. The van der Waals surface area contributed by atoms with E-state index in [1.54, 1.807) is 13.8 Å². The maximum Gasteiger partial charge on any atom is 0.262 e. The highest BCUT2D eigenvalue weighted by atomic mass is 32.1. The molecular formula is C11H12N4O2S2. The average Bonchev–Trinajstić information content (AvgIpc) is 2.61. The molecule has 8 heteroatoms. The first-order valence-corrected chi connectivity index (χ1v) is 6.64. The van der Waals surface area contributed by atoms with Gasteiger partial charge in [0.05, 0.1) is 21.8 Å². The van der Waals surface area contributed by atoms with Crippen LogP contribution >= 0.6 is 23.6 Å². The summed E-state index contributed by atoms with van der Waals surface area (Å²) < 4.78 is 1.40. The molecule has 19 heavy (non-hydrogen) atoms. The fourth-order valence-corrected chi connectivity index (χ4v) is 3.09. The van der Waals surface area contributed by atoms with Crippen LogP contribution in [0.25, 0.3) is 10.2 Å². The molecule has 0 aliphatic heterocycles. The van der Waals surface area contributed by atoms with Crippen LogP contribution in [0.2, 0.25) is 0 Å². The molecule has 1 amide bonds. The third-order valence-corrected chi connectivity index (χ3v) is 4.11. The van der Waals surface area contributed by atoms with Crippen LogP contribution in [0.4, 0.5) is 0 Å². The molecule has 0 saturated heterocycles. The van der Waals surface area contributed by atoms with E-state index < -0.39 is 5.91 Å². The Morgan fingerprint density at radius 2 is 2.05 bits per heavy atom. The molecule has 0 unspecified atom stereocenters. The molecule has 0 aliphatic rings. The van der Waals surface area contributed by atoms with Crippen molar-refractivity contribution in [1.29, 1.82) is 0 Å². The van der Waals surface area contributed by atoms with Gasteiger partial charge in [0, 0.05) is 0 Å². The number of hydrogen-bond donors (Lipinski definition) is 2. The minimum atomic E-state index is -0.557. The van der Waals surface area contributed by atoms with Gasteiger partial charge in [0.1, 0.15) is 10.7 Å². The van der Waals surface area contributed by atoms with Gasteiger partial charge in [-0.05, 0) is 19.4 Å². The topological polar surface area (TPSA) is 104 Å². The van der Waals surface area contributed by atoms with Crippen molar-refractivity contribution in [2.45, 2.75) is 20.4 Å². The maximum atomic E-state index is 12.4. The number of fused-ring (bicyclic) bond motifs is 1. The predicted octanol–water partition coefficient (Wildman–Crippen LogP) is 0.460. The van der Waals surface area contributed by atoms with Crippen molar-refractivity contribution in [3.05, 3.63) is 26.6 Å². The van der Waals surface area contributed by atoms with E-state index in [0.29, 0.717) is 26.5 Å². The van der Waals surface area contributed by atoms with Crippen LogP contribution in [0.1, 0.15) is 21.1 Å². The van der Waals surface area contributed by atoms with E-state index >= 15 is 0 Å². The molecule has 0 radical (unpaired) electrons. The molecule has 0 aliphatic carbocycles. The first-order chi connectivity index (χ1) is 8.82. The van der Waals surface area contributed by atoms with Crippen molar-refractivity contribution in [1.82, 2.24) is 9.55 Å². The highest BCUT2D eigenvalue weighted by molar-refractivity contribution is 7.80. The van der Waals surface area contributed by atoms with Crippen LogP contribution < -0.4 is 17.0 Å². The van der Waals surface area contributed by atoms with E-state index in [4.69, 9.17) is 23.7 Å². The number of carbonyl (C=O) groups is 1. The largest absolute Gasteiger partial charge is 0.392 e. The second-order valence-electron chi connectivity index (χ2n) is 4.12. The molecule has 0 atom stereocenters. The zero-order valence-corrected chi connectivity index (χ0v) is 12.0. The van der Waals surface area contributed by atoms with Crippen LogP contribution in [-0.4, -0.2) is 20.4 Å². The summed E-state index contributed by atoms with van der Waals surface area (Å²) >= 11 is 5.94. The molecule has 2 aromatic rings. The molecule has 2 aromatic heterocycles. The van der Waals surface area contributed by atoms with Crippen LogP contribution in [0.5, 0.6) is 0 Å². The molecule has 6 nitrogen and oxygen atoms in total. The Hall–Kier alpha value is -1.80. The second-order valence-corrected chi connectivity index (χ2v) is 5.64. The number of thiophene rings is 1. The monoisotopic (exact) mass is 296 g/mol. The van der Waals surface area contributed by atoms with E-state index in [-0.39, 0.29) is 17.1 Å². The van der Waals surface area contributed by atoms with E-state index in [2.05, 4.69) is 4.98 Å². The standard InChI is InChI=1S/C11H12N4O2S2/c1-4-7-10(19-8(4)9(13)16)14-5(2)15(11(7)17)3-6(12)18/h3H2,1-2H3,(H2,12,18)(H2,13,16). The molecule has 0 bridgehead atoms. The van der Waals surface area contributed by atoms with Gasteiger partial charge in [-0.15, -0.1) is 11.3 Å². The molecule has 2 rings (SSSR count). The summed E-state index contributed by atoms with van der Waals surface area (Å²) in [7, 11) is 0. The summed E-state index contributed by atoms with van der Waals surface area (Å²) in [5.41, 5.74) is 11.1. The number of aryl methyl sites for hydroxylation is 2. The van der Waals surface area contributed by atoms with E-state index in [0.717, 1.165) is 11.3 Å². The van der Waals surface area contributed by atoms with E-state index in [9.17, 15) is 9.59 Å². The summed E-state index contributed by atoms with van der Waals surface area (Å²) in [6.45, 7) is 3.50. The van der Waals surface area contributed by atoms with Gasteiger partial charge in [0.15, 0.2) is 0 Å².